The SMILES string of the molecule is CCN(CC(=O)O)C1CCN(CC(=O)N(C2CCCC2)C2CC2)CC1.Cl. The summed E-state index contributed by atoms with van der Waals surface area (Å²) >= 11 is 0. The lowest BCUT2D eigenvalue weighted by atomic mass is 10.0. The van der Waals surface area contributed by atoms with Crippen molar-refractivity contribution in [3.8, 4) is 0 Å². The Bertz CT molecular complexity index is 473. The van der Waals surface area contributed by atoms with Gasteiger partial charge in [-0.2, -0.15) is 0 Å². The fourth-order valence-electron chi connectivity index (χ4n) is 4.63. The number of hydrogen-bond donors (Lipinski definition) is 1. The molecule has 3 fully saturated rings. The van der Waals surface area contributed by atoms with Crippen LogP contribution in [-0.2, 0) is 9.59 Å². The molecule has 1 heterocycles. The lowest BCUT2D eigenvalue weighted by molar-refractivity contribution is -0.139. The van der Waals surface area contributed by atoms with Gasteiger partial charge in [-0.25, -0.2) is 0 Å². The third kappa shape index (κ3) is 5.57. The molecule has 0 unspecified atom stereocenters. The van der Waals surface area contributed by atoms with Crippen molar-refractivity contribution in [2.75, 3.05) is 32.7 Å². The van der Waals surface area contributed by atoms with E-state index in [-0.39, 0.29) is 19.0 Å². The molecular weight excluding hydrogens is 354 g/mol. The van der Waals surface area contributed by atoms with Crippen molar-refractivity contribution in [1.29, 1.82) is 0 Å². The second kappa shape index (κ2) is 9.90. The molecule has 1 amide bonds. The maximum atomic E-state index is 12.9. The molecule has 2 saturated carbocycles. The van der Waals surface area contributed by atoms with E-state index < -0.39 is 5.97 Å². The van der Waals surface area contributed by atoms with Gasteiger partial charge in [-0.05, 0) is 45.1 Å². The smallest absolute Gasteiger partial charge is 0.317 e. The first-order valence-electron chi connectivity index (χ1n) is 10.1. The van der Waals surface area contributed by atoms with E-state index in [2.05, 4.69) is 14.7 Å². The van der Waals surface area contributed by atoms with Gasteiger partial charge in [0.15, 0.2) is 0 Å². The molecule has 0 aromatic carbocycles. The van der Waals surface area contributed by atoms with Gasteiger partial charge in [0.25, 0.3) is 0 Å². The van der Waals surface area contributed by atoms with Crippen LogP contribution in [0, 0.1) is 0 Å². The van der Waals surface area contributed by atoms with E-state index in [1.165, 1.54) is 38.5 Å². The highest BCUT2D eigenvalue weighted by Crippen LogP contribution is 2.34. The first kappa shape index (κ1) is 21.5. The van der Waals surface area contributed by atoms with Crippen molar-refractivity contribution < 1.29 is 14.7 Å². The summed E-state index contributed by atoms with van der Waals surface area (Å²) in [5.41, 5.74) is 0. The second-order valence-electron chi connectivity index (χ2n) is 7.93. The second-order valence-corrected chi connectivity index (χ2v) is 7.93. The monoisotopic (exact) mass is 387 g/mol. The Morgan fingerprint density at radius 2 is 1.54 bits per heavy atom. The molecule has 0 aromatic rings. The zero-order chi connectivity index (χ0) is 17.8. The Labute approximate surface area is 163 Å². The summed E-state index contributed by atoms with van der Waals surface area (Å²) in [4.78, 5) is 30.4. The third-order valence-corrected chi connectivity index (χ3v) is 6.12. The van der Waals surface area contributed by atoms with Gasteiger partial charge in [-0.15, -0.1) is 12.4 Å². The van der Waals surface area contributed by atoms with Gasteiger partial charge in [0.05, 0.1) is 13.1 Å². The minimum Gasteiger partial charge on any atom is -0.480 e. The van der Waals surface area contributed by atoms with Gasteiger partial charge < -0.3 is 10.0 Å². The Morgan fingerprint density at radius 3 is 2.04 bits per heavy atom. The molecular formula is C19H34ClN3O3. The molecule has 0 aromatic heterocycles. The topological polar surface area (TPSA) is 64.1 Å². The van der Waals surface area contributed by atoms with Crippen molar-refractivity contribution in [1.82, 2.24) is 14.7 Å². The van der Waals surface area contributed by atoms with Crippen LogP contribution >= 0.6 is 12.4 Å². The molecule has 1 saturated heterocycles. The molecule has 0 bridgehead atoms. The van der Waals surface area contributed by atoms with Gasteiger partial charge in [-0.1, -0.05) is 19.8 Å². The van der Waals surface area contributed by atoms with Crippen LogP contribution in [0.1, 0.15) is 58.3 Å². The van der Waals surface area contributed by atoms with Crippen LogP contribution in [0.15, 0.2) is 0 Å². The lowest BCUT2D eigenvalue weighted by Crippen LogP contribution is -2.50. The molecule has 2 aliphatic carbocycles. The maximum absolute atomic E-state index is 12.9. The standard InChI is InChI=1S/C19H33N3O3.ClH/c1-2-21(14-19(24)25)15-9-11-20(12-10-15)13-18(23)22(17-7-8-17)16-5-3-4-6-16;/h15-17H,2-14H2,1H3,(H,24,25);1H. The molecule has 150 valence electrons. The van der Waals surface area contributed by atoms with Crippen molar-refractivity contribution >= 4 is 24.3 Å². The zero-order valence-electron chi connectivity index (χ0n) is 15.9. The number of likely N-dealkylation sites (N-methyl/N-ethyl adjacent to an activating group) is 1. The molecule has 26 heavy (non-hydrogen) atoms. The predicted octanol–water partition coefficient (Wildman–Crippen LogP) is 2.21. The number of carbonyl (C=O) groups excluding carboxylic acids is 1. The molecule has 0 atom stereocenters. The zero-order valence-corrected chi connectivity index (χ0v) is 16.8. The van der Waals surface area contributed by atoms with Gasteiger partial charge in [0, 0.05) is 31.2 Å². The number of nitrogens with zero attached hydrogens (tertiary/aromatic N) is 3. The normalized spacial score (nSPS) is 22.4. The van der Waals surface area contributed by atoms with Gasteiger partial charge in [0.2, 0.25) is 5.91 Å². The highest BCUT2D eigenvalue weighted by Gasteiger charge is 2.39. The molecule has 7 heteroatoms. The van der Waals surface area contributed by atoms with E-state index >= 15 is 0 Å². The van der Waals surface area contributed by atoms with Crippen molar-refractivity contribution in [3.63, 3.8) is 0 Å². The maximum Gasteiger partial charge on any atom is 0.317 e. The summed E-state index contributed by atoms with van der Waals surface area (Å²) in [6, 6.07) is 1.34. The number of rotatable bonds is 8. The Kier molecular flexibility index (Phi) is 8.17. The van der Waals surface area contributed by atoms with E-state index in [9.17, 15) is 9.59 Å². The molecule has 6 nitrogen and oxygen atoms in total. The van der Waals surface area contributed by atoms with E-state index in [0.29, 0.717) is 30.6 Å². The molecule has 0 radical (unpaired) electrons. The molecule has 1 N–H and O–H groups in total. The summed E-state index contributed by atoms with van der Waals surface area (Å²) in [6.07, 6.45) is 9.19. The number of carboxylic acid groups (broad SMARTS) is 1. The number of halogens is 1. The average Bonchev–Trinajstić information content (AvgIpc) is 3.27. The number of amides is 1. The summed E-state index contributed by atoms with van der Waals surface area (Å²) in [5, 5.41) is 9.04. The van der Waals surface area contributed by atoms with Gasteiger partial charge in [0.1, 0.15) is 0 Å². The van der Waals surface area contributed by atoms with Crippen LogP contribution in [0.25, 0.3) is 0 Å². The number of likely N-dealkylation sites (tertiary alicyclic amines) is 1. The van der Waals surface area contributed by atoms with Crippen LogP contribution in [-0.4, -0.2) is 82.5 Å². The quantitative estimate of drug-likeness (QED) is 0.691. The number of carbonyl (C=O) groups is 2. The van der Waals surface area contributed by atoms with Crippen molar-refractivity contribution in [2.45, 2.75) is 76.4 Å². The number of aliphatic carboxylic acids is 1. The largest absolute Gasteiger partial charge is 0.480 e. The molecule has 3 rings (SSSR count). The van der Waals surface area contributed by atoms with E-state index in [0.717, 1.165) is 32.5 Å². The first-order chi connectivity index (χ1) is 12.1. The van der Waals surface area contributed by atoms with Crippen molar-refractivity contribution in [3.05, 3.63) is 0 Å². The fourth-order valence-corrected chi connectivity index (χ4v) is 4.63. The number of piperidine rings is 1. The van der Waals surface area contributed by atoms with Crippen LogP contribution in [0.4, 0.5) is 0 Å². The summed E-state index contributed by atoms with van der Waals surface area (Å²) < 4.78 is 0. The minimum atomic E-state index is -0.754. The fraction of sp³-hybridized carbons (Fsp3) is 0.895. The lowest BCUT2D eigenvalue weighted by Gasteiger charge is -2.38. The summed E-state index contributed by atoms with van der Waals surface area (Å²) in [7, 11) is 0. The van der Waals surface area contributed by atoms with E-state index in [1.54, 1.807) is 0 Å². The van der Waals surface area contributed by atoms with Crippen LogP contribution in [0.5, 0.6) is 0 Å². The van der Waals surface area contributed by atoms with E-state index in [4.69, 9.17) is 5.11 Å². The number of hydrogen-bond acceptors (Lipinski definition) is 4. The van der Waals surface area contributed by atoms with Crippen molar-refractivity contribution in [2.24, 2.45) is 0 Å². The first-order valence-corrected chi connectivity index (χ1v) is 10.1. The van der Waals surface area contributed by atoms with Crippen LogP contribution in [0.2, 0.25) is 0 Å². The number of carboxylic acids is 1. The minimum absolute atomic E-state index is 0. The van der Waals surface area contributed by atoms with Crippen LogP contribution < -0.4 is 0 Å². The van der Waals surface area contributed by atoms with Crippen LogP contribution in [0.3, 0.4) is 0 Å². The highest BCUT2D eigenvalue weighted by atomic mass is 35.5. The Hall–Kier alpha value is -0.850. The molecule has 0 spiro atoms. The molecule has 1 aliphatic heterocycles. The Morgan fingerprint density at radius 1 is 0.962 bits per heavy atom. The summed E-state index contributed by atoms with van der Waals surface area (Å²) in [5.74, 6) is -0.429. The van der Waals surface area contributed by atoms with Gasteiger partial charge in [-0.3, -0.25) is 19.4 Å². The highest BCUT2D eigenvalue weighted by molar-refractivity contribution is 5.85. The van der Waals surface area contributed by atoms with E-state index in [1.807, 2.05) is 6.92 Å². The third-order valence-electron chi connectivity index (χ3n) is 6.12. The Balaban J connectivity index is 0.00000243. The predicted molar refractivity (Wildman–Crippen MR) is 104 cm³/mol. The van der Waals surface area contributed by atoms with Gasteiger partial charge >= 0.3 is 5.97 Å². The molecule has 3 aliphatic rings. The average molecular weight is 388 g/mol. The summed E-state index contributed by atoms with van der Waals surface area (Å²) in [6.45, 7) is 5.26.